The maximum atomic E-state index is 12.8. The van der Waals surface area contributed by atoms with E-state index in [2.05, 4.69) is 34.6 Å². The van der Waals surface area contributed by atoms with Crippen LogP contribution in [0.15, 0.2) is 0 Å². The molecule has 0 aliphatic heterocycles. The lowest BCUT2D eigenvalue weighted by Crippen LogP contribution is -2.30. The minimum absolute atomic E-state index is 0.0645. The second-order valence-corrected chi connectivity index (χ2v) is 18.1. The molecule has 6 nitrogen and oxygen atoms in total. The molecule has 0 aromatic carbocycles. The first-order valence-electron chi connectivity index (χ1n) is 24.7. The molecule has 332 valence electrons. The number of ether oxygens (including phenoxy) is 3. The molecule has 56 heavy (non-hydrogen) atoms. The van der Waals surface area contributed by atoms with Gasteiger partial charge in [-0.15, -0.1) is 0 Å². The zero-order chi connectivity index (χ0) is 41.2. The number of carbonyl (C=O) groups excluding carboxylic acids is 3. The van der Waals surface area contributed by atoms with E-state index in [1.165, 1.54) is 161 Å². The van der Waals surface area contributed by atoms with Gasteiger partial charge in [-0.05, 0) is 31.1 Å². The van der Waals surface area contributed by atoms with E-state index in [1.807, 2.05) is 0 Å². The minimum atomic E-state index is -0.761. The molecule has 0 aliphatic carbocycles. The highest BCUT2D eigenvalue weighted by atomic mass is 16.6. The molecule has 0 amide bonds. The third-order valence-corrected chi connectivity index (χ3v) is 11.2. The molecule has 0 saturated heterocycles. The fourth-order valence-corrected chi connectivity index (χ4v) is 7.46. The average molecular weight is 793 g/mol. The minimum Gasteiger partial charge on any atom is -0.462 e. The van der Waals surface area contributed by atoms with Crippen molar-refractivity contribution >= 4 is 17.9 Å². The molecule has 0 unspecified atom stereocenters. The fourth-order valence-electron chi connectivity index (χ4n) is 7.46. The molecule has 0 aliphatic rings. The molecule has 1 atom stereocenters. The van der Waals surface area contributed by atoms with Gasteiger partial charge in [-0.1, -0.05) is 234 Å². The van der Waals surface area contributed by atoms with E-state index in [4.69, 9.17) is 14.2 Å². The highest BCUT2D eigenvalue weighted by molar-refractivity contribution is 5.71. The summed E-state index contributed by atoms with van der Waals surface area (Å²) < 4.78 is 16.8. The molecule has 6 heteroatoms. The van der Waals surface area contributed by atoms with Crippen LogP contribution in [0, 0.1) is 11.8 Å². The van der Waals surface area contributed by atoms with Crippen molar-refractivity contribution in [2.75, 3.05) is 13.2 Å². The fraction of sp³-hybridized carbons (Fsp3) is 0.940. The Morgan fingerprint density at radius 1 is 0.339 bits per heavy atom. The van der Waals surface area contributed by atoms with Crippen LogP contribution in [0.2, 0.25) is 0 Å². The Morgan fingerprint density at radius 2 is 0.589 bits per heavy atom. The number of carbonyl (C=O) groups is 3. The molecular formula is C50H96O6. The van der Waals surface area contributed by atoms with Crippen LogP contribution in [0.4, 0.5) is 0 Å². The van der Waals surface area contributed by atoms with Crippen molar-refractivity contribution in [2.45, 2.75) is 278 Å². The van der Waals surface area contributed by atoms with Gasteiger partial charge in [0.2, 0.25) is 0 Å². The van der Waals surface area contributed by atoms with Crippen molar-refractivity contribution in [2.24, 2.45) is 11.8 Å². The van der Waals surface area contributed by atoms with Crippen molar-refractivity contribution in [3.05, 3.63) is 0 Å². The van der Waals surface area contributed by atoms with Crippen molar-refractivity contribution in [1.29, 1.82) is 0 Å². The van der Waals surface area contributed by atoms with Gasteiger partial charge in [-0.25, -0.2) is 0 Å². The predicted molar refractivity (Wildman–Crippen MR) is 238 cm³/mol. The highest BCUT2D eigenvalue weighted by Gasteiger charge is 2.19. The van der Waals surface area contributed by atoms with Gasteiger partial charge in [0.15, 0.2) is 6.10 Å². The molecule has 0 aromatic heterocycles. The predicted octanol–water partition coefficient (Wildman–Crippen LogP) is 15.8. The summed E-state index contributed by atoms with van der Waals surface area (Å²) in [5.74, 6) is 0.771. The van der Waals surface area contributed by atoms with Crippen LogP contribution in [0.5, 0.6) is 0 Å². The highest BCUT2D eigenvalue weighted by Crippen LogP contribution is 2.17. The number of esters is 3. The third-order valence-electron chi connectivity index (χ3n) is 11.2. The molecule has 0 N–H and O–H groups in total. The number of rotatable bonds is 44. The Bertz CT molecular complexity index is 854. The lowest BCUT2D eigenvalue weighted by atomic mass is 10.0. The first-order chi connectivity index (χ1) is 27.2. The van der Waals surface area contributed by atoms with E-state index in [0.29, 0.717) is 19.3 Å². The van der Waals surface area contributed by atoms with E-state index in [0.717, 1.165) is 69.6 Å². The summed E-state index contributed by atoms with van der Waals surface area (Å²) in [6.45, 7) is 11.3. The molecule has 0 bridgehead atoms. The second kappa shape index (κ2) is 43.0. The van der Waals surface area contributed by atoms with E-state index >= 15 is 0 Å². The summed E-state index contributed by atoms with van der Waals surface area (Å²) in [5, 5.41) is 0. The Hall–Kier alpha value is -1.59. The quantitative estimate of drug-likeness (QED) is 0.0347. The molecular weight excluding hydrogens is 697 g/mol. The average Bonchev–Trinajstić information content (AvgIpc) is 3.16. The standard InChI is InChI=1S/C50H96O6/c1-6-7-8-9-10-11-16-20-25-30-35-40-48(51)54-43-47(44-55-49(52)41-36-31-27-22-24-29-34-39-46(4)5)56-50(53)42-37-32-26-21-18-15-13-12-14-17-19-23-28-33-38-45(2)3/h45-47H,6-44H2,1-5H3/t47-/m1/s1. The van der Waals surface area contributed by atoms with Crippen LogP contribution in [0.25, 0.3) is 0 Å². The summed E-state index contributed by atoms with van der Waals surface area (Å²) in [5.41, 5.74) is 0. The largest absolute Gasteiger partial charge is 0.462 e. The Morgan fingerprint density at radius 3 is 0.875 bits per heavy atom. The molecule has 0 heterocycles. The summed E-state index contributed by atoms with van der Waals surface area (Å²) in [6, 6.07) is 0. The third kappa shape index (κ3) is 43.5. The molecule has 0 aromatic rings. The van der Waals surface area contributed by atoms with Gasteiger partial charge in [0.05, 0.1) is 0 Å². The van der Waals surface area contributed by atoms with Crippen LogP contribution in [0.3, 0.4) is 0 Å². The molecule has 0 rings (SSSR count). The smallest absolute Gasteiger partial charge is 0.306 e. The van der Waals surface area contributed by atoms with Crippen LogP contribution in [-0.2, 0) is 28.6 Å². The van der Waals surface area contributed by atoms with E-state index < -0.39 is 6.10 Å². The van der Waals surface area contributed by atoms with E-state index in [1.54, 1.807) is 0 Å². The van der Waals surface area contributed by atoms with Crippen LogP contribution >= 0.6 is 0 Å². The SMILES string of the molecule is CCCCCCCCCCCCCC(=O)OC[C@H](COC(=O)CCCCCCCCCC(C)C)OC(=O)CCCCCCCCCCCCCCCCC(C)C. The van der Waals surface area contributed by atoms with Gasteiger partial charge in [-0.3, -0.25) is 14.4 Å². The monoisotopic (exact) mass is 793 g/mol. The van der Waals surface area contributed by atoms with Crippen molar-refractivity contribution in [1.82, 2.24) is 0 Å². The van der Waals surface area contributed by atoms with E-state index in [-0.39, 0.29) is 31.1 Å². The molecule has 0 spiro atoms. The zero-order valence-electron chi connectivity index (χ0n) is 38.3. The normalized spacial score (nSPS) is 12.1. The first-order valence-corrected chi connectivity index (χ1v) is 24.7. The zero-order valence-corrected chi connectivity index (χ0v) is 38.3. The van der Waals surface area contributed by atoms with Crippen molar-refractivity contribution in [3.8, 4) is 0 Å². The maximum absolute atomic E-state index is 12.8. The summed E-state index contributed by atoms with van der Waals surface area (Å²) in [4.78, 5) is 37.8. The van der Waals surface area contributed by atoms with E-state index in [9.17, 15) is 14.4 Å². The van der Waals surface area contributed by atoms with Crippen molar-refractivity contribution < 1.29 is 28.6 Å². The first kappa shape index (κ1) is 54.4. The van der Waals surface area contributed by atoms with Gasteiger partial charge in [-0.2, -0.15) is 0 Å². The Kier molecular flexibility index (Phi) is 41.8. The number of hydrogen-bond donors (Lipinski definition) is 0. The van der Waals surface area contributed by atoms with Gasteiger partial charge in [0, 0.05) is 19.3 Å². The van der Waals surface area contributed by atoms with Gasteiger partial charge in [0.1, 0.15) is 13.2 Å². The second-order valence-electron chi connectivity index (χ2n) is 18.1. The van der Waals surface area contributed by atoms with Gasteiger partial charge in [0.25, 0.3) is 0 Å². The molecule has 0 saturated carbocycles. The van der Waals surface area contributed by atoms with Crippen molar-refractivity contribution in [3.63, 3.8) is 0 Å². The lowest BCUT2D eigenvalue weighted by molar-refractivity contribution is -0.167. The summed E-state index contributed by atoms with van der Waals surface area (Å²) in [7, 11) is 0. The number of unbranched alkanes of at least 4 members (excludes halogenated alkanes) is 29. The molecule has 0 radical (unpaired) electrons. The Labute approximate surface area is 348 Å². The summed E-state index contributed by atoms with van der Waals surface area (Å²) >= 11 is 0. The number of hydrogen-bond acceptors (Lipinski definition) is 6. The van der Waals surface area contributed by atoms with Gasteiger partial charge >= 0.3 is 17.9 Å². The Balaban J connectivity index is 4.28. The maximum Gasteiger partial charge on any atom is 0.306 e. The van der Waals surface area contributed by atoms with Crippen LogP contribution in [0.1, 0.15) is 272 Å². The lowest BCUT2D eigenvalue weighted by Gasteiger charge is -2.18. The van der Waals surface area contributed by atoms with Crippen LogP contribution in [-0.4, -0.2) is 37.2 Å². The van der Waals surface area contributed by atoms with Gasteiger partial charge < -0.3 is 14.2 Å². The summed E-state index contributed by atoms with van der Waals surface area (Å²) in [6.07, 6.45) is 42.4. The molecule has 0 fully saturated rings. The van der Waals surface area contributed by atoms with Crippen LogP contribution < -0.4 is 0 Å². The topological polar surface area (TPSA) is 78.9 Å².